The number of carbonyl (C=O) groups excluding carboxylic acids is 2. The van der Waals surface area contributed by atoms with Crippen molar-refractivity contribution in [2.24, 2.45) is 0 Å². The van der Waals surface area contributed by atoms with Crippen molar-refractivity contribution in [1.82, 2.24) is 5.32 Å². The van der Waals surface area contributed by atoms with E-state index in [2.05, 4.69) is 5.32 Å². The number of nitrogens with one attached hydrogen (secondary N) is 1. The van der Waals surface area contributed by atoms with Gasteiger partial charge in [0.05, 0.1) is 0 Å². The van der Waals surface area contributed by atoms with Crippen LogP contribution in [-0.4, -0.2) is 28.8 Å². The van der Waals surface area contributed by atoms with Gasteiger partial charge in [0, 0.05) is 25.3 Å². The molecule has 0 unspecified atom stereocenters. The van der Waals surface area contributed by atoms with Gasteiger partial charge >= 0.3 is 5.97 Å². The Labute approximate surface area is 153 Å². The van der Waals surface area contributed by atoms with E-state index in [4.69, 9.17) is 5.11 Å². The fraction of sp³-hybridized carbons (Fsp3) is 0.850. The predicted molar refractivity (Wildman–Crippen MR) is 101 cm³/mol. The van der Waals surface area contributed by atoms with Gasteiger partial charge in [-0.25, -0.2) is 0 Å². The van der Waals surface area contributed by atoms with Gasteiger partial charge in [-0.15, -0.1) is 0 Å². The summed E-state index contributed by atoms with van der Waals surface area (Å²) in [7, 11) is 0. The third kappa shape index (κ3) is 18.8. The molecule has 0 aliphatic carbocycles. The molecule has 0 aromatic carbocycles. The number of unbranched alkanes of at least 4 members (excludes halogenated alkanes) is 9. The minimum Gasteiger partial charge on any atom is -0.481 e. The molecule has 0 heterocycles. The van der Waals surface area contributed by atoms with Gasteiger partial charge < -0.3 is 15.2 Å². The fourth-order valence-corrected chi connectivity index (χ4v) is 2.81. The number of rotatable bonds is 17. The molecule has 2 N–H and O–H groups in total. The van der Waals surface area contributed by atoms with Gasteiger partial charge in [0.15, 0.2) is 0 Å². The lowest BCUT2D eigenvalue weighted by Gasteiger charge is -2.12. The highest BCUT2D eigenvalue weighted by Crippen LogP contribution is 2.12. The number of aliphatic carboxylic acids is 1. The molecule has 0 saturated carbocycles. The van der Waals surface area contributed by atoms with Gasteiger partial charge in [-0.2, -0.15) is 0 Å². The van der Waals surface area contributed by atoms with Gasteiger partial charge in [-0.3, -0.25) is 9.59 Å². The number of Topliss-reactive ketones (excluding diaryl/α,β-unsaturated/α-hetero) is 1. The summed E-state index contributed by atoms with van der Waals surface area (Å²) in [6.07, 6.45) is 13.1. The molecule has 146 valence electrons. The molecule has 1 atom stereocenters. The summed E-state index contributed by atoms with van der Waals surface area (Å²) in [4.78, 5) is 33.0. The van der Waals surface area contributed by atoms with E-state index in [1.807, 2.05) is 6.92 Å². The molecular formula is C20H37NO4. The maximum absolute atomic E-state index is 11.8. The molecule has 0 saturated heterocycles. The highest BCUT2D eigenvalue weighted by Gasteiger charge is 2.07. The van der Waals surface area contributed by atoms with E-state index in [9.17, 15) is 14.4 Å². The van der Waals surface area contributed by atoms with Gasteiger partial charge in [0.2, 0.25) is 5.91 Å². The molecule has 0 spiro atoms. The second kappa shape index (κ2) is 16.1. The Morgan fingerprint density at radius 1 is 0.760 bits per heavy atom. The van der Waals surface area contributed by atoms with Crippen molar-refractivity contribution in [1.29, 1.82) is 0 Å². The van der Waals surface area contributed by atoms with Crippen molar-refractivity contribution in [3.63, 3.8) is 0 Å². The quantitative estimate of drug-likeness (QED) is 0.373. The Kier molecular flexibility index (Phi) is 15.2. The van der Waals surface area contributed by atoms with E-state index in [0.717, 1.165) is 38.5 Å². The van der Waals surface area contributed by atoms with Crippen molar-refractivity contribution in [3.05, 3.63) is 0 Å². The summed E-state index contributed by atoms with van der Waals surface area (Å²) in [5.74, 6) is -0.432. The first-order valence-corrected chi connectivity index (χ1v) is 9.92. The van der Waals surface area contributed by atoms with E-state index >= 15 is 0 Å². The van der Waals surface area contributed by atoms with Crippen molar-refractivity contribution in [3.8, 4) is 0 Å². The highest BCUT2D eigenvalue weighted by molar-refractivity contribution is 5.77. The zero-order valence-corrected chi connectivity index (χ0v) is 16.1. The van der Waals surface area contributed by atoms with Crippen LogP contribution < -0.4 is 5.32 Å². The molecule has 25 heavy (non-hydrogen) atoms. The molecule has 0 aliphatic heterocycles. The van der Waals surface area contributed by atoms with Crippen LogP contribution in [0.3, 0.4) is 0 Å². The monoisotopic (exact) mass is 355 g/mol. The normalized spacial score (nSPS) is 11.9. The lowest BCUT2D eigenvalue weighted by Crippen LogP contribution is -2.32. The maximum Gasteiger partial charge on any atom is 0.303 e. The predicted octanol–water partition coefficient (Wildman–Crippen LogP) is 4.63. The van der Waals surface area contributed by atoms with Crippen LogP contribution in [0.1, 0.15) is 104 Å². The van der Waals surface area contributed by atoms with E-state index in [-0.39, 0.29) is 17.7 Å². The Balaban J connectivity index is 3.30. The lowest BCUT2D eigenvalue weighted by molar-refractivity contribution is -0.137. The van der Waals surface area contributed by atoms with Gasteiger partial charge in [0.1, 0.15) is 5.78 Å². The second-order valence-corrected chi connectivity index (χ2v) is 7.14. The Morgan fingerprint density at radius 2 is 1.20 bits per heavy atom. The minimum atomic E-state index is -0.695. The number of carboxylic acids is 1. The van der Waals surface area contributed by atoms with Gasteiger partial charge in [-0.1, -0.05) is 51.4 Å². The Morgan fingerprint density at radius 3 is 1.64 bits per heavy atom. The number of hydrogen-bond acceptors (Lipinski definition) is 3. The highest BCUT2D eigenvalue weighted by atomic mass is 16.4. The van der Waals surface area contributed by atoms with Crippen LogP contribution in [0.25, 0.3) is 0 Å². The van der Waals surface area contributed by atoms with E-state index < -0.39 is 5.97 Å². The van der Waals surface area contributed by atoms with Crippen LogP contribution in [0.5, 0.6) is 0 Å². The summed E-state index contributed by atoms with van der Waals surface area (Å²) in [5.41, 5.74) is 0. The number of carboxylic acid groups (broad SMARTS) is 1. The lowest BCUT2D eigenvalue weighted by atomic mass is 10.0. The summed E-state index contributed by atoms with van der Waals surface area (Å²) >= 11 is 0. The van der Waals surface area contributed by atoms with Crippen molar-refractivity contribution < 1.29 is 19.5 Å². The SMILES string of the molecule is CC(=O)CC[C@@H](C)NC(=O)CCCCCCCCCCCCC(=O)O. The Hall–Kier alpha value is -1.39. The van der Waals surface area contributed by atoms with Crippen molar-refractivity contribution in [2.45, 2.75) is 110 Å². The minimum absolute atomic E-state index is 0.0758. The number of ketones is 1. The molecule has 1 amide bonds. The summed E-state index contributed by atoms with van der Waals surface area (Å²) in [5, 5.41) is 11.5. The third-order valence-electron chi connectivity index (χ3n) is 4.38. The van der Waals surface area contributed by atoms with E-state index in [1.54, 1.807) is 6.92 Å². The van der Waals surface area contributed by atoms with Crippen LogP contribution in [0.2, 0.25) is 0 Å². The summed E-state index contributed by atoms with van der Waals surface area (Å²) in [6.45, 7) is 3.52. The van der Waals surface area contributed by atoms with Crippen molar-refractivity contribution >= 4 is 17.7 Å². The van der Waals surface area contributed by atoms with Gasteiger partial charge in [-0.05, 0) is 33.1 Å². The zero-order chi connectivity index (χ0) is 18.9. The molecule has 0 aliphatic rings. The number of carbonyl (C=O) groups is 3. The van der Waals surface area contributed by atoms with Crippen LogP contribution in [0.4, 0.5) is 0 Å². The topological polar surface area (TPSA) is 83.5 Å². The standard InChI is InChI=1S/C20H37NO4/c1-17(15-16-18(2)22)21-19(23)13-11-9-7-5-3-4-6-8-10-12-14-20(24)25/h17H,3-16H2,1-2H3,(H,21,23)(H,24,25)/t17-/m1/s1. The van der Waals surface area contributed by atoms with Crippen LogP contribution >= 0.6 is 0 Å². The average Bonchev–Trinajstić information content (AvgIpc) is 2.53. The molecule has 5 heteroatoms. The number of amides is 1. The molecule has 0 rings (SSSR count). The first-order chi connectivity index (χ1) is 11.9. The molecule has 0 fully saturated rings. The molecular weight excluding hydrogens is 318 g/mol. The van der Waals surface area contributed by atoms with Gasteiger partial charge in [0.25, 0.3) is 0 Å². The second-order valence-electron chi connectivity index (χ2n) is 7.14. The molecule has 0 aromatic heterocycles. The summed E-state index contributed by atoms with van der Waals surface area (Å²) in [6, 6.07) is 0.0758. The Bertz CT molecular complexity index is 382. The zero-order valence-electron chi connectivity index (χ0n) is 16.1. The van der Waals surface area contributed by atoms with Crippen LogP contribution in [-0.2, 0) is 14.4 Å². The molecule has 0 bridgehead atoms. The van der Waals surface area contributed by atoms with Crippen LogP contribution in [0, 0.1) is 0 Å². The largest absolute Gasteiger partial charge is 0.481 e. The average molecular weight is 356 g/mol. The first kappa shape index (κ1) is 23.6. The van der Waals surface area contributed by atoms with E-state index in [0.29, 0.717) is 19.3 Å². The first-order valence-electron chi connectivity index (χ1n) is 9.92. The molecule has 0 radical (unpaired) electrons. The van der Waals surface area contributed by atoms with E-state index in [1.165, 1.54) is 32.1 Å². The van der Waals surface area contributed by atoms with Crippen LogP contribution in [0.15, 0.2) is 0 Å². The molecule has 0 aromatic rings. The summed E-state index contributed by atoms with van der Waals surface area (Å²) < 4.78 is 0. The molecule has 5 nitrogen and oxygen atoms in total. The smallest absolute Gasteiger partial charge is 0.303 e. The fourth-order valence-electron chi connectivity index (χ4n) is 2.81. The number of hydrogen-bond donors (Lipinski definition) is 2. The third-order valence-corrected chi connectivity index (χ3v) is 4.38. The maximum atomic E-state index is 11.8. The van der Waals surface area contributed by atoms with Crippen molar-refractivity contribution in [2.75, 3.05) is 0 Å².